The fourth-order valence-corrected chi connectivity index (χ4v) is 3.78. The molecule has 0 bridgehead atoms. The number of para-hydroxylation sites is 1. The molecule has 2 amide bonds. The van der Waals surface area contributed by atoms with Crippen LogP contribution >= 0.6 is 11.8 Å². The molecule has 0 saturated carbocycles. The third-order valence-electron chi connectivity index (χ3n) is 4.07. The van der Waals surface area contributed by atoms with Gasteiger partial charge in [-0.2, -0.15) is 0 Å². The quantitative estimate of drug-likeness (QED) is 0.867. The highest BCUT2D eigenvalue weighted by atomic mass is 32.2. The topological polar surface area (TPSA) is 70.7 Å². The molecule has 2 aliphatic heterocycles. The SMILES string of the molecule is O=C(NC[C@@H]1CN[C@H](C(=O)N2CCSC2)C1)Oc1ccccc1. The summed E-state index contributed by atoms with van der Waals surface area (Å²) in [5, 5.41) is 6.04. The Labute approximate surface area is 139 Å². The van der Waals surface area contributed by atoms with E-state index in [1.54, 1.807) is 23.9 Å². The first-order chi connectivity index (χ1) is 11.2. The molecule has 0 spiro atoms. The highest BCUT2D eigenvalue weighted by Crippen LogP contribution is 2.20. The Morgan fingerprint density at radius 3 is 2.91 bits per heavy atom. The molecule has 2 atom stereocenters. The molecular formula is C16H21N3O3S. The summed E-state index contributed by atoms with van der Waals surface area (Å²) in [6.07, 6.45) is 0.299. The maximum atomic E-state index is 12.3. The average Bonchev–Trinajstić information content (AvgIpc) is 3.25. The second-order valence-corrected chi connectivity index (χ2v) is 6.86. The van der Waals surface area contributed by atoms with Crippen LogP contribution in [0, 0.1) is 5.92 Å². The van der Waals surface area contributed by atoms with Crippen molar-refractivity contribution in [2.75, 3.05) is 31.3 Å². The number of benzene rings is 1. The fraction of sp³-hybridized carbons (Fsp3) is 0.500. The first kappa shape index (κ1) is 16.1. The molecule has 0 unspecified atom stereocenters. The lowest BCUT2D eigenvalue weighted by atomic mass is 10.1. The third kappa shape index (κ3) is 4.39. The fourth-order valence-electron chi connectivity index (χ4n) is 2.82. The number of hydrogen-bond donors (Lipinski definition) is 2. The Morgan fingerprint density at radius 2 is 2.17 bits per heavy atom. The minimum atomic E-state index is -0.457. The van der Waals surface area contributed by atoms with Crippen LogP contribution in [0.25, 0.3) is 0 Å². The van der Waals surface area contributed by atoms with Crippen molar-refractivity contribution in [1.82, 2.24) is 15.5 Å². The van der Waals surface area contributed by atoms with Crippen molar-refractivity contribution < 1.29 is 14.3 Å². The highest BCUT2D eigenvalue weighted by Gasteiger charge is 2.33. The van der Waals surface area contributed by atoms with Crippen molar-refractivity contribution >= 4 is 23.8 Å². The first-order valence-corrected chi connectivity index (χ1v) is 8.98. The normalized spacial score (nSPS) is 23.7. The Morgan fingerprint density at radius 1 is 1.35 bits per heavy atom. The number of nitrogens with zero attached hydrogens (tertiary/aromatic N) is 1. The molecule has 124 valence electrons. The summed E-state index contributed by atoms with van der Waals surface area (Å²) in [5.41, 5.74) is 0. The van der Waals surface area contributed by atoms with Gasteiger partial charge in [0.2, 0.25) is 5.91 Å². The Kier molecular flexibility index (Phi) is 5.40. The predicted octanol–water partition coefficient (Wildman–Crippen LogP) is 1.29. The van der Waals surface area contributed by atoms with E-state index in [1.807, 2.05) is 23.1 Å². The maximum Gasteiger partial charge on any atom is 0.412 e. The molecule has 23 heavy (non-hydrogen) atoms. The van der Waals surface area contributed by atoms with Gasteiger partial charge in [0.1, 0.15) is 5.75 Å². The Hall–Kier alpha value is -1.73. The van der Waals surface area contributed by atoms with Crippen molar-refractivity contribution in [2.24, 2.45) is 5.92 Å². The smallest absolute Gasteiger partial charge is 0.410 e. The van der Waals surface area contributed by atoms with Gasteiger partial charge in [-0.25, -0.2) is 4.79 Å². The number of amides is 2. The molecule has 0 radical (unpaired) electrons. The van der Waals surface area contributed by atoms with Crippen molar-refractivity contribution in [3.63, 3.8) is 0 Å². The summed E-state index contributed by atoms with van der Waals surface area (Å²) in [6, 6.07) is 8.85. The summed E-state index contributed by atoms with van der Waals surface area (Å²) in [7, 11) is 0. The third-order valence-corrected chi connectivity index (χ3v) is 5.04. The molecule has 6 nitrogen and oxygen atoms in total. The van der Waals surface area contributed by atoms with Gasteiger partial charge in [0, 0.05) is 25.4 Å². The molecule has 0 aromatic heterocycles. The molecule has 1 aromatic rings. The largest absolute Gasteiger partial charge is 0.412 e. The van der Waals surface area contributed by atoms with E-state index in [1.165, 1.54) is 0 Å². The number of thioether (sulfide) groups is 1. The van der Waals surface area contributed by atoms with Gasteiger partial charge in [0.15, 0.2) is 0 Å². The summed E-state index contributed by atoms with van der Waals surface area (Å²) in [4.78, 5) is 26.0. The zero-order chi connectivity index (χ0) is 16.1. The van der Waals surface area contributed by atoms with E-state index in [9.17, 15) is 9.59 Å². The molecule has 2 fully saturated rings. The van der Waals surface area contributed by atoms with Gasteiger partial charge in [-0.15, -0.1) is 11.8 Å². The molecule has 2 aliphatic rings. The number of nitrogens with one attached hydrogen (secondary N) is 2. The van der Waals surface area contributed by atoms with E-state index in [4.69, 9.17) is 4.74 Å². The van der Waals surface area contributed by atoms with E-state index < -0.39 is 6.09 Å². The van der Waals surface area contributed by atoms with E-state index in [2.05, 4.69) is 10.6 Å². The number of rotatable bonds is 4. The van der Waals surface area contributed by atoms with E-state index in [0.717, 1.165) is 31.1 Å². The first-order valence-electron chi connectivity index (χ1n) is 7.83. The average molecular weight is 335 g/mol. The zero-order valence-corrected chi connectivity index (χ0v) is 13.7. The zero-order valence-electron chi connectivity index (χ0n) is 12.9. The van der Waals surface area contributed by atoms with Gasteiger partial charge in [0.25, 0.3) is 0 Å². The van der Waals surface area contributed by atoms with Crippen LogP contribution in [0.3, 0.4) is 0 Å². The van der Waals surface area contributed by atoms with E-state index in [0.29, 0.717) is 12.3 Å². The Bertz CT molecular complexity index is 549. The molecule has 2 heterocycles. The van der Waals surface area contributed by atoms with Crippen LogP contribution in [0.1, 0.15) is 6.42 Å². The van der Waals surface area contributed by atoms with Crippen LogP contribution in [0.15, 0.2) is 30.3 Å². The van der Waals surface area contributed by atoms with Gasteiger partial charge in [-0.05, 0) is 24.5 Å². The standard InChI is InChI=1S/C16H21N3O3S/c20-15(19-6-7-23-11-19)14-8-12(9-17-14)10-18-16(21)22-13-4-2-1-3-5-13/h1-5,12,14,17H,6-11H2,(H,18,21)/t12-,14-/m0/s1. The van der Waals surface area contributed by atoms with E-state index in [-0.39, 0.29) is 17.9 Å². The van der Waals surface area contributed by atoms with Gasteiger partial charge >= 0.3 is 6.09 Å². The lowest BCUT2D eigenvalue weighted by Crippen LogP contribution is -2.42. The highest BCUT2D eigenvalue weighted by molar-refractivity contribution is 7.99. The monoisotopic (exact) mass is 335 g/mol. The lowest BCUT2D eigenvalue weighted by molar-refractivity contribution is -0.131. The minimum Gasteiger partial charge on any atom is -0.410 e. The molecule has 2 saturated heterocycles. The number of carbonyl (C=O) groups excluding carboxylic acids is 2. The van der Waals surface area contributed by atoms with Crippen molar-refractivity contribution in [2.45, 2.75) is 12.5 Å². The van der Waals surface area contributed by atoms with E-state index >= 15 is 0 Å². The van der Waals surface area contributed by atoms with Gasteiger partial charge in [-0.1, -0.05) is 18.2 Å². The number of hydrogen-bond acceptors (Lipinski definition) is 5. The van der Waals surface area contributed by atoms with Crippen molar-refractivity contribution in [3.8, 4) is 5.75 Å². The molecular weight excluding hydrogens is 314 g/mol. The van der Waals surface area contributed by atoms with Crippen molar-refractivity contribution in [1.29, 1.82) is 0 Å². The Balaban J connectivity index is 1.39. The number of carbonyl (C=O) groups is 2. The molecule has 0 aliphatic carbocycles. The van der Waals surface area contributed by atoms with Crippen LogP contribution in [0.4, 0.5) is 4.79 Å². The van der Waals surface area contributed by atoms with Crippen molar-refractivity contribution in [3.05, 3.63) is 30.3 Å². The van der Waals surface area contributed by atoms with Crippen LogP contribution in [0.5, 0.6) is 5.75 Å². The summed E-state index contributed by atoms with van der Waals surface area (Å²) >= 11 is 1.79. The number of ether oxygens (including phenoxy) is 1. The van der Waals surface area contributed by atoms with Gasteiger partial charge < -0.3 is 20.3 Å². The van der Waals surface area contributed by atoms with Crippen LogP contribution < -0.4 is 15.4 Å². The second-order valence-electron chi connectivity index (χ2n) is 5.79. The summed E-state index contributed by atoms with van der Waals surface area (Å²) < 4.78 is 5.18. The van der Waals surface area contributed by atoms with Gasteiger partial charge in [-0.3, -0.25) is 4.79 Å². The second kappa shape index (κ2) is 7.70. The van der Waals surface area contributed by atoms with Crippen LogP contribution in [-0.2, 0) is 4.79 Å². The predicted molar refractivity (Wildman–Crippen MR) is 89.4 cm³/mol. The molecule has 3 rings (SSSR count). The van der Waals surface area contributed by atoms with Gasteiger partial charge in [0.05, 0.1) is 11.9 Å². The molecule has 7 heteroatoms. The molecule has 2 N–H and O–H groups in total. The minimum absolute atomic E-state index is 0.120. The lowest BCUT2D eigenvalue weighted by Gasteiger charge is -2.19. The maximum absolute atomic E-state index is 12.3. The summed E-state index contributed by atoms with van der Waals surface area (Å²) in [6.45, 7) is 2.09. The molecule has 1 aromatic carbocycles. The van der Waals surface area contributed by atoms with Crippen LogP contribution in [-0.4, -0.2) is 54.2 Å². The summed E-state index contributed by atoms with van der Waals surface area (Å²) in [5.74, 6) is 2.78. The van der Waals surface area contributed by atoms with Crippen LogP contribution in [0.2, 0.25) is 0 Å².